The van der Waals surface area contributed by atoms with Gasteiger partial charge in [-0.05, 0) is 44.5 Å². The van der Waals surface area contributed by atoms with Gasteiger partial charge in [0.15, 0.2) is 11.0 Å². The molecule has 1 aromatic heterocycles. The van der Waals surface area contributed by atoms with Gasteiger partial charge < -0.3 is 19.9 Å². The number of carbonyl (C=O) groups is 2. The predicted molar refractivity (Wildman–Crippen MR) is 125 cm³/mol. The Kier molecular flexibility index (Phi) is 7.88. The topological polar surface area (TPSA) is 98.1 Å². The first-order chi connectivity index (χ1) is 15.4. The molecule has 0 bridgehead atoms. The van der Waals surface area contributed by atoms with Crippen LogP contribution >= 0.6 is 11.8 Å². The molecule has 1 heterocycles. The maximum Gasteiger partial charge on any atom is 0.252 e. The van der Waals surface area contributed by atoms with E-state index < -0.39 is 0 Å². The molecule has 2 amide bonds. The lowest BCUT2D eigenvalue weighted by molar-refractivity contribution is -0.113. The summed E-state index contributed by atoms with van der Waals surface area (Å²) in [7, 11) is 1.56. The van der Waals surface area contributed by atoms with Gasteiger partial charge in [0.25, 0.3) is 5.91 Å². The number of carbonyl (C=O) groups excluding carboxylic acids is 2. The van der Waals surface area contributed by atoms with Gasteiger partial charge in [0.2, 0.25) is 5.91 Å². The number of nitrogens with one attached hydrogen (secondary N) is 2. The van der Waals surface area contributed by atoms with Crippen LogP contribution in [0.3, 0.4) is 0 Å². The molecule has 0 aliphatic rings. The van der Waals surface area contributed by atoms with E-state index in [9.17, 15) is 9.59 Å². The average molecular weight is 454 g/mol. The summed E-state index contributed by atoms with van der Waals surface area (Å²) < 4.78 is 7.17. The Hall–Kier alpha value is -3.33. The number of anilines is 1. The third-order valence-electron chi connectivity index (χ3n) is 4.90. The fraction of sp³-hybridized carbons (Fsp3) is 0.304. The number of rotatable bonds is 9. The number of benzene rings is 2. The molecular weight excluding hydrogens is 426 g/mol. The van der Waals surface area contributed by atoms with Crippen molar-refractivity contribution in [1.29, 1.82) is 0 Å². The number of amides is 2. The Morgan fingerprint density at radius 3 is 2.56 bits per heavy atom. The third-order valence-corrected chi connectivity index (χ3v) is 5.87. The van der Waals surface area contributed by atoms with Crippen LogP contribution in [-0.4, -0.2) is 39.4 Å². The van der Waals surface area contributed by atoms with Crippen LogP contribution in [0.2, 0.25) is 0 Å². The third kappa shape index (κ3) is 5.47. The lowest BCUT2D eigenvalue weighted by Crippen LogP contribution is -2.29. The quantitative estimate of drug-likeness (QED) is 0.478. The molecule has 9 heteroatoms. The van der Waals surface area contributed by atoms with Gasteiger partial charge in [-0.2, -0.15) is 0 Å². The molecule has 2 aromatic carbocycles. The molecule has 0 spiro atoms. The second-order valence-corrected chi connectivity index (χ2v) is 8.07. The highest BCUT2D eigenvalue weighted by atomic mass is 32.2. The molecule has 3 rings (SSSR count). The van der Waals surface area contributed by atoms with Crippen LogP contribution < -0.4 is 15.4 Å². The summed E-state index contributed by atoms with van der Waals surface area (Å²) in [5.41, 5.74) is 2.15. The van der Waals surface area contributed by atoms with Crippen LogP contribution in [-0.2, 0) is 11.3 Å². The van der Waals surface area contributed by atoms with Gasteiger partial charge in [-0.3, -0.25) is 9.59 Å². The summed E-state index contributed by atoms with van der Waals surface area (Å²) in [5.74, 6) is 1.07. The molecule has 1 atom stereocenters. The van der Waals surface area contributed by atoms with Gasteiger partial charge in [-0.25, -0.2) is 0 Å². The predicted octanol–water partition coefficient (Wildman–Crippen LogP) is 3.84. The first-order valence-electron chi connectivity index (χ1n) is 10.3. The van der Waals surface area contributed by atoms with Crippen molar-refractivity contribution in [3.8, 4) is 5.75 Å². The molecule has 0 fully saturated rings. The van der Waals surface area contributed by atoms with Crippen LogP contribution in [0.5, 0.6) is 5.75 Å². The second-order valence-electron chi connectivity index (χ2n) is 7.13. The zero-order chi connectivity index (χ0) is 23.1. The molecule has 2 N–H and O–H groups in total. The van der Waals surface area contributed by atoms with E-state index in [0.717, 1.165) is 5.56 Å². The molecule has 0 unspecified atom stereocenters. The first-order valence-corrected chi connectivity index (χ1v) is 11.3. The van der Waals surface area contributed by atoms with Gasteiger partial charge in [-0.1, -0.05) is 42.1 Å². The van der Waals surface area contributed by atoms with Crippen molar-refractivity contribution in [2.24, 2.45) is 0 Å². The van der Waals surface area contributed by atoms with Crippen molar-refractivity contribution in [1.82, 2.24) is 20.1 Å². The molecule has 168 valence electrons. The van der Waals surface area contributed by atoms with Crippen LogP contribution in [0.15, 0.2) is 53.7 Å². The standard InChI is InChI=1S/C23H27N5O3S/c1-5-28-21(16(3)24-22(30)17-11-7-6-10-15(17)2)26-27-23(28)32-14-20(29)25-18-12-8-9-13-19(18)31-4/h6-13,16H,5,14H2,1-4H3,(H,24,30)(H,25,29)/t16-/m0/s1. The molecule has 0 radical (unpaired) electrons. The van der Waals surface area contributed by atoms with Crippen molar-refractivity contribution in [3.63, 3.8) is 0 Å². The Morgan fingerprint density at radius 2 is 1.84 bits per heavy atom. The summed E-state index contributed by atoms with van der Waals surface area (Å²) in [5, 5.41) is 15.0. The molecule has 32 heavy (non-hydrogen) atoms. The zero-order valence-electron chi connectivity index (χ0n) is 18.6. The van der Waals surface area contributed by atoms with Gasteiger partial charge >= 0.3 is 0 Å². The lowest BCUT2D eigenvalue weighted by atomic mass is 10.1. The number of para-hydroxylation sites is 2. The van der Waals surface area contributed by atoms with Gasteiger partial charge in [-0.15, -0.1) is 10.2 Å². The zero-order valence-corrected chi connectivity index (χ0v) is 19.4. The molecule has 0 saturated carbocycles. The monoisotopic (exact) mass is 453 g/mol. The van der Waals surface area contributed by atoms with E-state index in [1.54, 1.807) is 25.3 Å². The number of ether oxygens (including phenoxy) is 1. The molecule has 3 aromatic rings. The smallest absolute Gasteiger partial charge is 0.252 e. The normalized spacial score (nSPS) is 11.6. The van der Waals surface area contributed by atoms with E-state index in [-0.39, 0.29) is 23.6 Å². The molecule has 0 aliphatic heterocycles. The van der Waals surface area contributed by atoms with Crippen LogP contribution in [0.4, 0.5) is 5.69 Å². The first kappa shape index (κ1) is 23.3. The largest absolute Gasteiger partial charge is 0.495 e. The minimum absolute atomic E-state index is 0.161. The van der Waals surface area contributed by atoms with Crippen molar-refractivity contribution in [2.75, 3.05) is 18.2 Å². The molecule has 0 saturated heterocycles. The number of thioether (sulfide) groups is 1. The lowest BCUT2D eigenvalue weighted by Gasteiger charge is -2.16. The number of methoxy groups -OCH3 is 1. The van der Waals surface area contributed by atoms with Crippen molar-refractivity contribution >= 4 is 29.3 Å². The maximum atomic E-state index is 12.7. The van der Waals surface area contributed by atoms with Crippen molar-refractivity contribution in [2.45, 2.75) is 38.5 Å². The summed E-state index contributed by atoms with van der Waals surface area (Å²) >= 11 is 1.29. The molecule has 0 aliphatic carbocycles. The fourth-order valence-electron chi connectivity index (χ4n) is 3.26. The highest BCUT2D eigenvalue weighted by Gasteiger charge is 2.21. The Labute approximate surface area is 191 Å². The minimum Gasteiger partial charge on any atom is -0.495 e. The van der Waals surface area contributed by atoms with Crippen molar-refractivity contribution < 1.29 is 14.3 Å². The molecule has 8 nitrogen and oxygen atoms in total. The van der Waals surface area contributed by atoms with Crippen LogP contribution in [0.25, 0.3) is 0 Å². The number of hydrogen-bond acceptors (Lipinski definition) is 6. The number of hydrogen-bond donors (Lipinski definition) is 2. The van der Waals surface area contributed by atoms with Crippen LogP contribution in [0.1, 0.15) is 41.6 Å². The van der Waals surface area contributed by atoms with E-state index in [1.165, 1.54) is 11.8 Å². The maximum absolute atomic E-state index is 12.7. The summed E-state index contributed by atoms with van der Waals surface area (Å²) in [4.78, 5) is 25.1. The highest BCUT2D eigenvalue weighted by Crippen LogP contribution is 2.25. The van der Waals surface area contributed by atoms with E-state index >= 15 is 0 Å². The number of nitrogens with zero attached hydrogens (tertiary/aromatic N) is 3. The van der Waals surface area contributed by atoms with E-state index in [1.807, 2.05) is 55.7 Å². The summed E-state index contributed by atoms with van der Waals surface area (Å²) in [6.07, 6.45) is 0. The van der Waals surface area contributed by atoms with Gasteiger partial charge in [0.1, 0.15) is 5.75 Å². The number of aromatic nitrogens is 3. The number of aryl methyl sites for hydroxylation is 1. The summed E-state index contributed by atoms with van der Waals surface area (Å²) in [6, 6.07) is 14.3. The second kappa shape index (κ2) is 10.8. The SMILES string of the molecule is CCn1c(SCC(=O)Nc2ccccc2OC)nnc1[C@H](C)NC(=O)c1ccccc1C. The van der Waals surface area contributed by atoms with Crippen LogP contribution in [0, 0.1) is 6.92 Å². The summed E-state index contributed by atoms with van der Waals surface area (Å²) in [6.45, 7) is 6.36. The minimum atomic E-state index is -0.341. The van der Waals surface area contributed by atoms with Gasteiger partial charge in [0, 0.05) is 12.1 Å². The van der Waals surface area contributed by atoms with E-state index in [4.69, 9.17) is 4.74 Å². The Balaban J connectivity index is 1.64. The average Bonchev–Trinajstić information content (AvgIpc) is 3.21. The molecular formula is C23H27N5O3S. The Morgan fingerprint density at radius 1 is 1.12 bits per heavy atom. The van der Waals surface area contributed by atoms with E-state index in [0.29, 0.717) is 34.5 Å². The Bertz CT molecular complexity index is 1100. The van der Waals surface area contributed by atoms with Gasteiger partial charge in [0.05, 0.1) is 24.6 Å². The highest BCUT2D eigenvalue weighted by molar-refractivity contribution is 7.99. The van der Waals surface area contributed by atoms with E-state index in [2.05, 4.69) is 20.8 Å². The fourth-order valence-corrected chi connectivity index (χ4v) is 4.06. The van der Waals surface area contributed by atoms with Crippen molar-refractivity contribution in [3.05, 3.63) is 65.5 Å².